The molecule has 0 spiro atoms. The van der Waals surface area contributed by atoms with E-state index in [1.54, 1.807) is 0 Å². The number of rotatable bonds is 6. The van der Waals surface area contributed by atoms with Crippen molar-refractivity contribution in [3.63, 3.8) is 0 Å². The lowest BCUT2D eigenvalue weighted by Gasteiger charge is -2.35. The highest BCUT2D eigenvalue weighted by Gasteiger charge is 2.41. The average Bonchev–Trinajstić information content (AvgIpc) is 2.39. The van der Waals surface area contributed by atoms with E-state index in [2.05, 4.69) is 12.2 Å². The fraction of sp³-hybridized carbons (Fsp3) is 0.857. The number of hydrogen-bond acceptors (Lipinski definition) is 3. The number of nitrogens with one attached hydrogen (secondary N) is 1. The van der Waals surface area contributed by atoms with E-state index in [9.17, 15) is 9.59 Å². The van der Waals surface area contributed by atoms with Crippen LogP contribution in [0.15, 0.2) is 0 Å². The summed E-state index contributed by atoms with van der Waals surface area (Å²) in [6.45, 7) is 2.11. The second-order valence-corrected chi connectivity index (χ2v) is 5.14. The van der Waals surface area contributed by atoms with Crippen LogP contribution in [0.4, 0.5) is 0 Å². The molecule has 0 radical (unpaired) electrons. The first-order chi connectivity index (χ1) is 8.64. The Morgan fingerprint density at radius 1 is 1.17 bits per heavy atom. The van der Waals surface area contributed by atoms with Crippen molar-refractivity contribution in [1.29, 1.82) is 0 Å². The topological polar surface area (TPSA) is 55.4 Å². The first-order valence-corrected chi connectivity index (χ1v) is 7.04. The van der Waals surface area contributed by atoms with Gasteiger partial charge in [-0.05, 0) is 19.3 Å². The highest BCUT2D eigenvalue weighted by molar-refractivity contribution is 5.88. The highest BCUT2D eigenvalue weighted by atomic mass is 16.5. The molecule has 0 aromatic heterocycles. The molecule has 0 aromatic rings. The molecule has 1 aliphatic carbocycles. The minimum absolute atomic E-state index is 0.0178. The zero-order valence-electron chi connectivity index (χ0n) is 11.6. The van der Waals surface area contributed by atoms with Gasteiger partial charge in [-0.15, -0.1) is 0 Å². The van der Waals surface area contributed by atoms with Crippen molar-refractivity contribution in [2.24, 2.45) is 0 Å². The third-order valence-electron chi connectivity index (χ3n) is 3.67. The molecule has 1 rings (SSSR count). The van der Waals surface area contributed by atoms with Crippen molar-refractivity contribution in [1.82, 2.24) is 5.32 Å². The van der Waals surface area contributed by atoms with E-state index >= 15 is 0 Å². The van der Waals surface area contributed by atoms with Crippen molar-refractivity contribution in [3.8, 4) is 0 Å². The molecule has 1 amide bonds. The van der Waals surface area contributed by atoms with E-state index in [1.165, 1.54) is 7.11 Å². The predicted molar refractivity (Wildman–Crippen MR) is 70.1 cm³/mol. The van der Waals surface area contributed by atoms with Gasteiger partial charge < -0.3 is 10.1 Å². The number of amides is 1. The summed E-state index contributed by atoms with van der Waals surface area (Å²) in [6.07, 6.45) is 8.04. The van der Waals surface area contributed by atoms with Crippen molar-refractivity contribution in [2.75, 3.05) is 7.11 Å². The number of carbonyl (C=O) groups is 2. The molecule has 0 aliphatic heterocycles. The van der Waals surface area contributed by atoms with Crippen LogP contribution < -0.4 is 5.32 Å². The summed E-state index contributed by atoms with van der Waals surface area (Å²) >= 11 is 0. The second kappa shape index (κ2) is 7.39. The highest BCUT2D eigenvalue weighted by Crippen LogP contribution is 2.29. The lowest BCUT2D eigenvalue weighted by molar-refractivity contribution is -0.152. The summed E-state index contributed by atoms with van der Waals surface area (Å²) in [5, 5.41) is 2.93. The monoisotopic (exact) mass is 255 g/mol. The first kappa shape index (κ1) is 15.0. The summed E-state index contributed by atoms with van der Waals surface area (Å²) in [6, 6.07) is 0. The minimum Gasteiger partial charge on any atom is -0.467 e. The fourth-order valence-corrected chi connectivity index (χ4v) is 2.60. The van der Waals surface area contributed by atoms with E-state index < -0.39 is 5.54 Å². The average molecular weight is 255 g/mol. The molecule has 0 atom stereocenters. The van der Waals surface area contributed by atoms with E-state index in [4.69, 9.17) is 4.74 Å². The number of methoxy groups -OCH3 is 1. The van der Waals surface area contributed by atoms with Gasteiger partial charge in [0.25, 0.3) is 0 Å². The largest absolute Gasteiger partial charge is 0.467 e. The van der Waals surface area contributed by atoms with Crippen LogP contribution in [0, 0.1) is 0 Å². The van der Waals surface area contributed by atoms with Gasteiger partial charge in [-0.1, -0.05) is 39.0 Å². The van der Waals surface area contributed by atoms with Crippen molar-refractivity contribution in [2.45, 2.75) is 70.3 Å². The fourth-order valence-electron chi connectivity index (χ4n) is 2.60. The van der Waals surface area contributed by atoms with Crippen LogP contribution in [0.5, 0.6) is 0 Å². The van der Waals surface area contributed by atoms with Gasteiger partial charge in [-0.3, -0.25) is 4.79 Å². The van der Waals surface area contributed by atoms with Crippen LogP contribution in [0.2, 0.25) is 0 Å². The maximum absolute atomic E-state index is 11.9. The normalized spacial score (nSPS) is 18.1. The summed E-state index contributed by atoms with van der Waals surface area (Å²) in [4.78, 5) is 23.8. The Labute approximate surface area is 109 Å². The van der Waals surface area contributed by atoms with Crippen molar-refractivity contribution < 1.29 is 14.3 Å². The standard InChI is InChI=1S/C14H25NO3/c1-3-4-6-9-12(16)15-14(13(17)18-2)10-7-5-8-11-14/h3-11H2,1-2H3,(H,15,16). The SMILES string of the molecule is CCCCCC(=O)NC1(C(=O)OC)CCCCC1. The third-order valence-corrected chi connectivity index (χ3v) is 3.67. The molecule has 1 saturated carbocycles. The lowest BCUT2D eigenvalue weighted by atomic mass is 9.81. The number of hydrogen-bond donors (Lipinski definition) is 1. The molecule has 0 aromatic carbocycles. The van der Waals surface area contributed by atoms with Crippen LogP contribution >= 0.6 is 0 Å². The molecule has 0 unspecified atom stereocenters. The van der Waals surface area contributed by atoms with Crippen LogP contribution in [0.25, 0.3) is 0 Å². The van der Waals surface area contributed by atoms with Gasteiger partial charge in [0.15, 0.2) is 0 Å². The molecule has 4 nitrogen and oxygen atoms in total. The van der Waals surface area contributed by atoms with Crippen LogP contribution in [0.3, 0.4) is 0 Å². The Morgan fingerprint density at radius 2 is 1.83 bits per heavy atom. The summed E-state index contributed by atoms with van der Waals surface area (Å²) in [7, 11) is 1.39. The quantitative estimate of drug-likeness (QED) is 0.586. The van der Waals surface area contributed by atoms with Gasteiger partial charge in [-0.25, -0.2) is 4.79 Å². The smallest absolute Gasteiger partial charge is 0.331 e. The van der Waals surface area contributed by atoms with E-state index in [1.807, 2.05) is 0 Å². The number of esters is 1. The Balaban J connectivity index is 2.55. The molecule has 18 heavy (non-hydrogen) atoms. The Hall–Kier alpha value is -1.06. The Kier molecular flexibility index (Phi) is 6.16. The van der Waals surface area contributed by atoms with Crippen LogP contribution in [0.1, 0.15) is 64.7 Å². The van der Waals surface area contributed by atoms with Gasteiger partial charge in [0.05, 0.1) is 7.11 Å². The maximum atomic E-state index is 11.9. The van der Waals surface area contributed by atoms with Crippen LogP contribution in [-0.2, 0) is 14.3 Å². The maximum Gasteiger partial charge on any atom is 0.331 e. The molecule has 0 saturated heterocycles. The molecule has 1 N–H and O–H groups in total. The summed E-state index contributed by atoms with van der Waals surface area (Å²) in [5.41, 5.74) is -0.754. The molecular formula is C14H25NO3. The van der Waals surface area contributed by atoms with Crippen LogP contribution in [-0.4, -0.2) is 24.5 Å². The molecule has 1 fully saturated rings. The van der Waals surface area contributed by atoms with E-state index in [-0.39, 0.29) is 11.9 Å². The summed E-state index contributed by atoms with van der Waals surface area (Å²) in [5.74, 6) is -0.304. The first-order valence-electron chi connectivity index (χ1n) is 7.04. The second-order valence-electron chi connectivity index (χ2n) is 5.14. The minimum atomic E-state index is -0.754. The lowest BCUT2D eigenvalue weighted by Crippen LogP contribution is -2.56. The molecule has 104 valence electrons. The van der Waals surface area contributed by atoms with Crippen molar-refractivity contribution in [3.05, 3.63) is 0 Å². The Morgan fingerprint density at radius 3 is 2.39 bits per heavy atom. The zero-order chi connectivity index (χ0) is 13.4. The van der Waals surface area contributed by atoms with Crippen molar-refractivity contribution >= 4 is 11.9 Å². The molecular weight excluding hydrogens is 230 g/mol. The van der Waals surface area contributed by atoms with E-state index in [0.29, 0.717) is 19.3 Å². The van der Waals surface area contributed by atoms with Gasteiger partial charge in [0.1, 0.15) is 5.54 Å². The predicted octanol–water partition coefficient (Wildman–Crippen LogP) is 2.56. The molecule has 4 heteroatoms. The van der Waals surface area contributed by atoms with E-state index in [0.717, 1.165) is 38.5 Å². The number of unbranched alkanes of at least 4 members (excludes halogenated alkanes) is 2. The van der Waals surface area contributed by atoms with Gasteiger partial charge in [0, 0.05) is 6.42 Å². The molecule has 1 aliphatic rings. The Bertz CT molecular complexity index is 283. The molecule has 0 bridgehead atoms. The summed E-state index contributed by atoms with van der Waals surface area (Å²) < 4.78 is 4.87. The zero-order valence-corrected chi connectivity index (χ0v) is 11.6. The number of carbonyl (C=O) groups excluding carboxylic acids is 2. The van der Waals surface area contributed by atoms with Gasteiger partial charge in [0.2, 0.25) is 5.91 Å². The van der Waals surface area contributed by atoms with Gasteiger partial charge >= 0.3 is 5.97 Å². The molecule has 0 heterocycles. The third kappa shape index (κ3) is 4.00. The van der Waals surface area contributed by atoms with Gasteiger partial charge in [-0.2, -0.15) is 0 Å². The number of ether oxygens (including phenoxy) is 1.